The Kier molecular flexibility index (Phi) is 6.32. The largest absolute Gasteiger partial charge is 0.496 e. The van der Waals surface area contributed by atoms with E-state index in [0.717, 1.165) is 17.7 Å². The van der Waals surface area contributed by atoms with Crippen molar-refractivity contribution in [3.63, 3.8) is 0 Å². The molecule has 0 spiro atoms. The number of hydrogen-bond acceptors (Lipinski definition) is 4. The van der Waals surface area contributed by atoms with Crippen molar-refractivity contribution in [2.24, 2.45) is 0 Å². The number of fused-ring (bicyclic) bond motifs is 1. The van der Waals surface area contributed by atoms with Gasteiger partial charge in [-0.25, -0.2) is 0 Å². The SMILES string of the molecule is COc1cc(C(=O)N2CCN(C(=O)CSc3ccc4c(c3)CCC4)CC2)ccc1C. The molecule has 1 heterocycles. The van der Waals surface area contributed by atoms with Gasteiger partial charge in [0.1, 0.15) is 5.75 Å². The van der Waals surface area contributed by atoms with Gasteiger partial charge >= 0.3 is 0 Å². The van der Waals surface area contributed by atoms with Crippen LogP contribution in [0.3, 0.4) is 0 Å². The fraction of sp³-hybridized carbons (Fsp3) is 0.417. The van der Waals surface area contributed by atoms with E-state index in [0.29, 0.717) is 37.5 Å². The highest BCUT2D eigenvalue weighted by Crippen LogP contribution is 2.28. The van der Waals surface area contributed by atoms with Gasteiger partial charge < -0.3 is 14.5 Å². The highest BCUT2D eigenvalue weighted by Gasteiger charge is 2.25. The Balaban J connectivity index is 1.28. The zero-order chi connectivity index (χ0) is 21.1. The molecule has 0 saturated carbocycles. The normalized spacial score (nSPS) is 15.8. The van der Waals surface area contributed by atoms with E-state index in [9.17, 15) is 9.59 Å². The second-order valence-corrected chi connectivity index (χ2v) is 8.98. The van der Waals surface area contributed by atoms with Crippen molar-refractivity contribution in [1.82, 2.24) is 9.80 Å². The highest BCUT2D eigenvalue weighted by atomic mass is 32.2. The molecule has 0 bridgehead atoms. The molecule has 0 atom stereocenters. The molecule has 5 nitrogen and oxygen atoms in total. The Morgan fingerprint density at radius 1 is 0.967 bits per heavy atom. The third-order valence-corrected chi connectivity index (χ3v) is 6.99. The first-order valence-electron chi connectivity index (χ1n) is 10.5. The molecule has 2 amide bonds. The lowest BCUT2D eigenvalue weighted by Gasteiger charge is -2.35. The molecule has 0 aromatic heterocycles. The van der Waals surface area contributed by atoms with Gasteiger partial charge in [0.2, 0.25) is 5.91 Å². The fourth-order valence-electron chi connectivity index (χ4n) is 4.17. The van der Waals surface area contributed by atoms with Crippen LogP contribution < -0.4 is 4.74 Å². The molecule has 1 aliphatic heterocycles. The maximum Gasteiger partial charge on any atom is 0.254 e. The minimum atomic E-state index is -0.00656. The number of piperazine rings is 1. The summed E-state index contributed by atoms with van der Waals surface area (Å²) < 4.78 is 5.33. The highest BCUT2D eigenvalue weighted by molar-refractivity contribution is 8.00. The quantitative estimate of drug-likeness (QED) is 0.689. The number of carbonyl (C=O) groups is 2. The lowest BCUT2D eigenvalue weighted by atomic mass is 10.1. The monoisotopic (exact) mass is 424 g/mol. The van der Waals surface area contributed by atoms with E-state index in [4.69, 9.17) is 4.74 Å². The minimum absolute atomic E-state index is 0.00656. The molecule has 2 aliphatic rings. The molecule has 2 aromatic carbocycles. The second-order valence-electron chi connectivity index (χ2n) is 7.93. The number of rotatable bonds is 5. The van der Waals surface area contributed by atoms with E-state index in [2.05, 4.69) is 18.2 Å². The number of aryl methyl sites for hydroxylation is 3. The van der Waals surface area contributed by atoms with Crippen molar-refractivity contribution in [3.05, 3.63) is 58.7 Å². The molecule has 2 aromatic rings. The summed E-state index contributed by atoms with van der Waals surface area (Å²) >= 11 is 1.61. The Bertz CT molecular complexity index is 951. The number of nitrogens with zero attached hydrogens (tertiary/aromatic N) is 2. The summed E-state index contributed by atoms with van der Waals surface area (Å²) in [7, 11) is 1.61. The summed E-state index contributed by atoms with van der Waals surface area (Å²) in [5, 5.41) is 0. The first kappa shape index (κ1) is 20.8. The van der Waals surface area contributed by atoms with Gasteiger partial charge in [-0.05, 0) is 67.1 Å². The topological polar surface area (TPSA) is 49.9 Å². The summed E-state index contributed by atoms with van der Waals surface area (Å²) in [5.74, 6) is 1.30. The molecule has 1 aliphatic carbocycles. The van der Waals surface area contributed by atoms with Gasteiger partial charge in [0.25, 0.3) is 5.91 Å². The van der Waals surface area contributed by atoms with Gasteiger partial charge in [-0.3, -0.25) is 9.59 Å². The fourth-order valence-corrected chi connectivity index (χ4v) is 5.03. The average Bonchev–Trinajstić information content (AvgIpc) is 3.25. The van der Waals surface area contributed by atoms with Crippen molar-refractivity contribution < 1.29 is 14.3 Å². The van der Waals surface area contributed by atoms with Gasteiger partial charge in [-0.15, -0.1) is 11.8 Å². The van der Waals surface area contributed by atoms with Crippen LogP contribution in [0.1, 0.15) is 33.5 Å². The molecule has 30 heavy (non-hydrogen) atoms. The van der Waals surface area contributed by atoms with Crippen LogP contribution >= 0.6 is 11.8 Å². The summed E-state index contributed by atoms with van der Waals surface area (Å²) in [6.45, 7) is 4.24. The van der Waals surface area contributed by atoms with E-state index in [1.54, 1.807) is 24.9 Å². The Morgan fingerprint density at radius 3 is 2.47 bits per heavy atom. The summed E-state index contributed by atoms with van der Waals surface area (Å²) in [6, 6.07) is 12.1. The van der Waals surface area contributed by atoms with Crippen LogP contribution in [0, 0.1) is 6.92 Å². The maximum absolute atomic E-state index is 12.8. The van der Waals surface area contributed by atoms with E-state index >= 15 is 0 Å². The summed E-state index contributed by atoms with van der Waals surface area (Å²) in [5.41, 5.74) is 4.53. The van der Waals surface area contributed by atoms with Crippen molar-refractivity contribution in [1.29, 1.82) is 0 Å². The van der Waals surface area contributed by atoms with Crippen molar-refractivity contribution in [2.45, 2.75) is 31.1 Å². The van der Waals surface area contributed by atoms with Gasteiger partial charge in [0.15, 0.2) is 0 Å². The number of hydrogen-bond donors (Lipinski definition) is 0. The molecule has 4 rings (SSSR count). The van der Waals surface area contributed by atoms with Crippen LogP contribution in [0.4, 0.5) is 0 Å². The zero-order valence-corrected chi connectivity index (χ0v) is 18.5. The van der Waals surface area contributed by atoms with Crippen molar-refractivity contribution >= 4 is 23.6 Å². The first-order chi connectivity index (χ1) is 14.5. The Labute approximate surface area is 182 Å². The van der Waals surface area contributed by atoms with Gasteiger partial charge in [-0.2, -0.15) is 0 Å². The number of benzene rings is 2. The molecule has 0 radical (unpaired) electrons. The van der Waals surface area contributed by atoms with E-state index in [1.807, 2.05) is 28.9 Å². The molecule has 0 unspecified atom stereocenters. The second kappa shape index (κ2) is 9.13. The molecule has 158 valence electrons. The lowest BCUT2D eigenvalue weighted by Crippen LogP contribution is -2.51. The van der Waals surface area contributed by atoms with Crippen molar-refractivity contribution in [2.75, 3.05) is 39.0 Å². The Morgan fingerprint density at radius 2 is 1.70 bits per heavy atom. The van der Waals surface area contributed by atoms with Crippen LogP contribution in [0.15, 0.2) is 41.3 Å². The van der Waals surface area contributed by atoms with Gasteiger partial charge in [0.05, 0.1) is 12.9 Å². The molecule has 6 heteroatoms. The van der Waals surface area contributed by atoms with Gasteiger partial charge in [0, 0.05) is 36.6 Å². The van der Waals surface area contributed by atoms with Crippen LogP contribution in [0.5, 0.6) is 5.75 Å². The summed E-state index contributed by atoms with van der Waals surface area (Å²) in [6.07, 6.45) is 3.57. The number of methoxy groups -OCH3 is 1. The zero-order valence-electron chi connectivity index (χ0n) is 17.6. The van der Waals surface area contributed by atoms with Crippen LogP contribution in [0.2, 0.25) is 0 Å². The summed E-state index contributed by atoms with van der Waals surface area (Å²) in [4.78, 5) is 30.3. The van der Waals surface area contributed by atoms with Crippen LogP contribution in [0.25, 0.3) is 0 Å². The third-order valence-electron chi connectivity index (χ3n) is 6.01. The van der Waals surface area contributed by atoms with E-state index in [1.165, 1.54) is 28.9 Å². The first-order valence-corrected chi connectivity index (χ1v) is 11.5. The van der Waals surface area contributed by atoms with Crippen LogP contribution in [-0.2, 0) is 17.6 Å². The minimum Gasteiger partial charge on any atom is -0.496 e. The molecular weight excluding hydrogens is 396 g/mol. The number of carbonyl (C=O) groups excluding carboxylic acids is 2. The maximum atomic E-state index is 12.8. The smallest absolute Gasteiger partial charge is 0.254 e. The number of ether oxygens (including phenoxy) is 1. The predicted molar refractivity (Wildman–Crippen MR) is 119 cm³/mol. The molecule has 0 N–H and O–H groups in total. The predicted octanol–water partition coefficient (Wildman–Crippen LogP) is 3.57. The van der Waals surface area contributed by atoms with Crippen LogP contribution in [-0.4, -0.2) is 60.7 Å². The lowest BCUT2D eigenvalue weighted by molar-refractivity contribution is -0.129. The van der Waals surface area contributed by atoms with E-state index < -0.39 is 0 Å². The Hall–Kier alpha value is -2.47. The van der Waals surface area contributed by atoms with Crippen molar-refractivity contribution in [3.8, 4) is 5.75 Å². The van der Waals surface area contributed by atoms with E-state index in [-0.39, 0.29) is 11.8 Å². The number of thioether (sulfide) groups is 1. The van der Waals surface area contributed by atoms with Gasteiger partial charge in [-0.1, -0.05) is 12.1 Å². The molecule has 1 fully saturated rings. The standard InChI is InChI=1S/C24H28N2O3S/c1-17-6-7-20(15-22(17)29-2)24(28)26-12-10-25(11-13-26)23(27)16-30-21-9-8-18-4-3-5-19(18)14-21/h6-9,14-15H,3-5,10-13,16H2,1-2H3. The molecule has 1 saturated heterocycles. The average molecular weight is 425 g/mol. The number of amides is 2. The third kappa shape index (κ3) is 4.48. The molecular formula is C24H28N2O3S.